The summed E-state index contributed by atoms with van der Waals surface area (Å²) in [5, 5.41) is 0. The van der Waals surface area contributed by atoms with E-state index in [0.717, 1.165) is 16.6 Å². The van der Waals surface area contributed by atoms with Gasteiger partial charge < -0.3 is 4.57 Å². The lowest BCUT2D eigenvalue weighted by atomic mass is 10.2. The van der Waals surface area contributed by atoms with Crippen LogP contribution >= 0.6 is 15.9 Å². The number of aromatic nitrogens is 2. The van der Waals surface area contributed by atoms with Gasteiger partial charge >= 0.3 is 0 Å². The zero-order valence-electron chi connectivity index (χ0n) is 9.48. The molecule has 0 bridgehead atoms. The van der Waals surface area contributed by atoms with Gasteiger partial charge in [0.1, 0.15) is 5.82 Å². The highest BCUT2D eigenvalue weighted by molar-refractivity contribution is 9.10. The Labute approximate surface area is 112 Å². The number of halogens is 2. The van der Waals surface area contributed by atoms with E-state index in [9.17, 15) is 4.39 Å². The van der Waals surface area contributed by atoms with Gasteiger partial charge in [-0.1, -0.05) is 24.3 Å². The first-order valence-electron chi connectivity index (χ1n) is 5.58. The first kappa shape index (κ1) is 11.4. The van der Waals surface area contributed by atoms with Gasteiger partial charge in [0.15, 0.2) is 0 Å². The van der Waals surface area contributed by atoms with Crippen LogP contribution in [0.3, 0.4) is 0 Å². The average Bonchev–Trinajstić information content (AvgIpc) is 2.79. The third-order valence-corrected chi connectivity index (χ3v) is 3.79. The van der Waals surface area contributed by atoms with E-state index in [1.165, 1.54) is 6.07 Å². The van der Waals surface area contributed by atoms with E-state index in [0.29, 0.717) is 11.0 Å². The minimum Gasteiger partial charge on any atom is -0.326 e. The van der Waals surface area contributed by atoms with Crippen molar-refractivity contribution in [3.8, 4) is 0 Å². The van der Waals surface area contributed by atoms with Gasteiger partial charge in [0.2, 0.25) is 0 Å². The van der Waals surface area contributed by atoms with E-state index in [4.69, 9.17) is 0 Å². The lowest BCUT2D eigenvalue weighted by Gasteiger charge is -2.07. The maximum Gasteiger partial charge on any atom is 0.137 e. The van der Waals surface area contributed by atoms with E-state index >= 15 is 0 Å². The topological polar surface area (TPSA) is 17.8 Å². The number of rotatable bonds is 2. The molecule has 90 valence electrons. The molecule has 18 heavy (non-hydrogen) atoms. The number of hydrogen-bond acceptors (Lipinski definition) is 1. The van der Waals surface area contributed by atoms with Gasteiger partial charge in [-0.2, -0.15) is 0 Å². The van der Waals surface area contributed by atoms with Crippen molar-refractivity contribution in [2.75, 3.05) is 0 Å². The molecule has 4 heteroatoms. The van der Waals surface area contributed by atoms with Gasteiger partial charge in [0.05, 0.1) is 28.4 Å². The summed E-state index contributed by atoms with van der Waals surface area (Å²) in [4.78, 5) is 4.32. The minimum atomic E-state index is -0.239. The van der Waals surface area contributed by atoms with Crippen LogP contribution in [0.4, 0.5) is 4.39 Å². The zero-order valence-corrected chi connectivity index (χ0v) is 11.1. The maximum atomic E-state index is 13.5. The quantitative estimate of drug-likeness (QED) is 0.700. The second kappa shape index (κ2) is 4.53. The van der Waals surface area contributed by atoms with Crippen LogP contribution in [0.15, 0.2) is 53.3 Å². The van der Waals surface area contributed by atoms with Crippen molar-refractivity contribution in [3.63, 3.8) is 0 Å². The molecule has 2 aromatic carbocycles. The Morgan fingerprint density at radius 1 is 1.11 bits per heavy atom. The monoisotopic (exact) mass is 304 g/mol. The molecule has 0 unspecified atom stereocenters. The molecule has 0 N–H and O–H groups in total. The second-order valence-corrected chi connectivity index (χ2v) is 4.87. The lowest BCUT2D eigenvalue weighted by molar-refractivity contribution is 0.616. The maximum absolute atomic E-state index is 13.5. The molecule has 0 saturated carbocycles. The highest BCUT2D eigenvalue weighted by atomic mass is 79.9. The molecule has 0 aliphatic carbocycles. The third-order valence-electron chi connectivity index (χ3n) is 2.90. The van der Waals surface area contributed by atoms with E-state index in [1.807, 2.05) is 34.9 Å². The summed E-state index contributed by atoms with van der Waals surface area (Å²) in [6.07, 6.45) is 1.78. The molecule has 0 aliphatic heterocycles. The van der Waals surface area contributed by atoms with Crippen LogP contribution in [-0.2, 0) is 6.54 Å². The summed E-state index contributed by atoms with van der Waals surface area (Å²) in [6.45, 7) is 0.596. The third kappa shape index (κ3) is 1.93. The molecule has 3 aromatic rings. The molecule has 0 saturated heterocycles. The Morgan fingerprint density at radius 3 is 2.83 bits per heavy atom. The van der Waals surface area contributed by atoms with Crippen LogP contribution in [0.5, 0.6) is 0 Å². The molecule has 3 rings (SSSR count). The number of imidazole rings is 1. The number of nitrogens with zero attached hydrogens (tertiary/aromatic N) is 2. The summed E-state index contributed by atoms with van der Waals surface area (Å²) >= 11 is 3.28. The predicted octanol–water partition coefficient (Wildman–Crippen LogP) is 3.99. The first-order valence-corrected chi connectivity index (χ1v) is 6.38. The molecule has 0 radical (unpaired) electrons. The van der Waals surface area contributed by atoms with Gasteiger partial charge in [-0.05, 0) is 39.7 Å². The molecule has 0 atom stereocenters. The molecular weight excluding hydrogens is 295 g/mol. The fourth-order valence-electron chi connectivity index (χ4n) is 1.99. The van der Waals surface area contributed by atoms with Crippen molar-refractivity contribution >= 4 is 27.0 Å². The van der Waals surface area contributed by atoms with Crippen LogP contribution in [0.1, 0.15) is 5.56 Å². The average molecular weight is 305 g/mol. The van der Waals surface area contributed by atoms with Gasteiger partial charge in [0, 0.05) is 0 Å². The Morgan fingerprint density at radius 2 is 1.94 bits per heavy atom. The molecule has 0 spiro atoms. The smallest absolute Gasteiger partial charge is 0.137 e. The van der Waals surface area contributed by atoms with Crippen molar-refractivity contribution in [1.29, 1.82) is 0 Å². The Hall–Kier alpha value is -1.68. The largest absolute Gasteiger partial charge is 0.326 e. The van der Waals surface area contributed by atoms with Gasteiger partial charge in [-0.25, -0.2) is 9.37 Å². The number of benzene rings is 2. The van der Waals surface area contributed by atoms with Gasteiger partial charge in [0.25, 0.3) is 0 Å². The van der Waals surface area contributed by atoms with Crippen LogP contribution in [-0.4, -0.2) is 9.55 Å². The summed E-state index contributed by atoms with van der Waals surface area (Å²) in [5.74, 6) is -0.239. The fourth-order valence-corrected chi connectivity index (χ4v) is 2.38. The Balaban J connectivity index is 2.04. The number of fused-ring (bicyclic) bond motifs is 1. The van der Waals surface area contributed by atoms with Crippen LogP contribution < -0.4 is 0 Å². The van der Waals surface area contributed by atoms with E-state index in [1.54, 1.807) is 12.4 Å². The van der Waals surface area contributed by atoms with E-state index in [2.05, 4.69) is 20.9 Å². The molecule has 0 fully saturated rings. The highest BCUT2D eigenvalue weighted by Gasteiger charge is 2.07. The SMILES string of the molecule is Fc1cccc(Cn2cnc3ccccc32)c1Br. The van der Waals surface area contributed by atoms with Crippen LogP contribution in [0, 0.1) is 5.82 Å². The van der Waals surface area contributed by atoms with Crippen molar-refractivity contribution in [3.05, 3.63) is 64.6 Å². The van der Waals surface area contributed by atoms with Crippen molar-refractivity contribution in [1.82, 2.24) is 9.55 Å². The summed E-state index contributed by atoms with van der Waals surface area (Å²) in [6, 6.07) is 13.0. The standard InChI is InChI=1S/C14H10BrFN2/c15-14-10(4-3-5-11(14)16)8-18-9-17-12-6-1-2-7-13(12)18/h1-7,9H,8H2. The lowest BCUT2D eigenvalue weighted by Crippen LogP contribution is -1.99. The van der Waals surface area contributed by atoms with Crippen LogP contribution in [0.25, 0.3) is 11.0 Å². The number of para-hydroxylation sites is 2. The van der Waals surface area contributed by atoms with Gasteiger partial charge in [-0.3, -0.25) is 0 Å². The highest BCUT2D eigenvalue weighted by Crippen LogP contribution is 2.22. The van der Waals surface area contributed by atoms with Crippen molar-refractivity contribution in [2.24, 2.45) is 0 Å². The van der Waals surface area contributed by atoms with E-state index < -0.39 is 0 Å². The zero-order chi connectivity index (χ0) is 12.5. The summed E-state index contributed by atoms with van der Waals surface area (Å²) in [7, 11) is 0. The summed E-state index contributed by atoms with van der Waals surface area (Å²) < 4.78 is 16.0. The molecule has 0 aliphatic rings. The van der Waals surface area contributed by atoms with E-state index in [-0.39, 0.29) is 5.82 Å². The summed E-state index contributed by atoms with van der Waals surface area (Å²) in [5.41, 5.74) is 2.90. The Kier molecular flexibility index (Phi) is 2.88. The first-order chi connectivity index (χ1) is 8.75. The molecule has 1 aromatic heterocycles. The predicted molar refractivity (Wildman–Crippen MR) is 72.9 cm³/mol. The second-order valence-electron chi connectivity index (χ2n) is 4.07. The van der Waals surface area contributed by atoms with Crippen molar-refractivity contribution in [2.45, 2.75) is 6.54 Å². The Bertz CT molecular complexity index is 706. The molecule has 2 nitrogen and oxygen atoms in total. The minimum absolute atomic E-state index is 0.239. The van der Waals surface area contributed by atoms with Crippen LogP contribution in [0.2, 0.25) is 0 Å². The molecule has 1 heterocycles. The van der Waals surface area contributed by atoms with Crippen molar-refractivity contribution < 1.29 is 4.39 Å². The normalized spacial score (nSPS) is 11.0. The molecule has 0 amide bonds. The number of hydrogen-bond donors (Lipinski definition) is 0. The fraction of sp³-hybridized carbons (Fsp3) is 0.0714. The molecular formula is C14H10BrFN2. The van der Waals surface area contributed by atoms with Gasteiger partial charge in [-0.15, -0.1) is 0 Å².